The van der Waals surface area contributed by atoms with Crippen molar-refractivity contribution >= 4 is 32.8 Å². The van der Waals surface area contributed by atoms with E-state index < -0.39 is 38.1 Å². The molecule has 1 amide bonds. The quantitative estimate of drug-likeness (QED) is 0.484. The van der Waals surface area contributed by atoms with Crippen molar-refractivity contribution in [1.82, 2.24) is 0 Å². The lowest BCUT2D eigenvalue weighted by Crippen LogP contribution is -2.38. The smallest absolute Gasteiger partial charge is 0.366 e. The molecule has 1 aliphatic rings. The van der Waals surface area contributed by atoms with Crippen molar-refractivity contribution in [1.29, 1.82) is 0 Å². The fourth-order valence-corrected chi connectivity index (χ4v) is 4.54. The van der Waals surface area contributed by atoms with Crippen LogP contribution >= 0.6 is 0 Å². The van der Waals surface area contributed by atoms with Gasteiger partial charge in [0.1, 0.15) is 5.69 Å². The van der Waals surface area contributed by atoms with E-state index in [9.17, 15) is 36.5 Å². The van der Waals surface area contributed by atoms with Gasteiger partial charge in [0.15, 0.2) is 9.84 Å². The highest BCUT2D eigenvalue weighted by Gasteiger charge is 2.35. The number of nitrogens with one attached hydrogen (secondary N) is 1. The highest BCUT2D eigenvalue weighted by atomic mass is 32.2. The Hall–Kier alpha value is -3.15. The van der Waals surface area contributed by atoms with Crippen LogP contribution in [0.2, 0.25) is 0 Å². The van der Waals surface area contributed by atoms with Gasteiger partial charge >= 0.3 is 6.18 Å². The van der Waals surface area contributed by atoms with E-state index in [4.69, 9.17) is 0 Å². The molecule has 0 atom stereocenters. The zero-order valence-corrected chi connectivity index (χ0v) is 18.4. The van der Waals surface area contributed by atoms with Crippen LogP contribution in [0.15, 0.2) is 47.4 Å². The molecule has 1 aliphatic heterocycles. The van der Waals surface area contributed by atoms with Crippen molar-refractivity contribution in [3.05, 3.63) is 58.1 Å². The largest absolute Gasteiger partial charge is 0.416 e. The number of rotatable bonds is 6. The number of hydrogen-bond acceptors (Lipinski definition) is 6. The van der Waals surface area contributed by atoms with Gasteiger partial charge in [-0.15, -0.1) is 0 Å². The van der Waals surface area contributed by atoms with Crippen molar-refractivity contribution in [2.24, 2.45) is 5.92 Å². The van der Waals surface area contributed by atoms with Crippen molar-refractivity contribution in [2.75, 3.05) is 29.1 Å². The molecule has 0 unspecified atom stereocenters. The summed E-state index contributed by atoms with van der Waals surface area (Å²) in [6.07, 6.45) is -3.98. The minimum Gasteiger partial charge on any atom is -0.366 e. The molecular formula is C21H22F3N3O5S. The minimum atomic E-state index is -4.69. The number of piperidine rings is 1. The van der Waals surface area contributed by atoms with E-state index in [0.717, 1.165) is 12.1 Å². The maximum Gasteiger partial charge on any atom is 0.416 e. The van der Waals surface area contributed by atoms with Gasteiger partial charge in [-0.3, -0.25) is 14.9 Å². The molecule has 178 valence electrons. The number of halogens is 3. The van der Waals surface area contributed by atoms with Gasteiger partial charge in [-0.05, 0) is 49.2 Å². The SMILES string of the molecule is CCS(=O)(=O)c1ccc(NC(=O)C2CCN(c3ccc(C(F)(F)F)cc3[N+](=O)[O-])CC2)cc1. The van der Waals surface area contributed by atoms with E-state index in [0.29, 0.717) is 24.6 Å². The summed E-state index contributed by atoms with van der Waals surface area (Å²) in [7, 11) is -3.35. The van der Waals surface area contributed by atoms with E-state index in [1.165, 1.54) is 31.2 Å². The first-order chi connectivity index (χ1) is 15.4. The van der Waals surface area contributed by atoms with Crippen LogP contribution in [0.4, 0.5) is 30.2 Å². The maximum atomic E-state index is 12.9. The van der Waals surface area contributed by atoms with Gasteiger partial charge in [0, 0.05) is 30.8 Å². The number of anilines is 2. The van der Waals surface area contributed by atoms with E-state index in [1.54, 1.807) is 4.90 Å². The van der Waals surface area contributed by atoms with Gasteiger partial charge in [0.05, 0.1) is 21.1 Å². The number of carbonyl (C=O) groups excluding carboxylic acids is 1. The first-order valence-electron chi connectivity index (χ1n) is 10.2. The minimum absolute atomic E-state index is 0.0334. The topological polar surface area (TPSA) is 110 Å². The molecule has 12 heteroatoms. The summed E-state index contributed by atoms with van der Waals surface area (Å²) in [6, 6.07) is 8.26. The number of alkyl halides is 3. The summed E-state index contributed by atoms with van der Waals surface area (Å²) in [5, 5.41) is 14.1. The number of amides is 1. The van der Waals surface area contributed by atoms with Gasteiger partial charge in [-0.2, -0.15) is 13.2 Å². The van der Waals surface area contributed by atoms with Crippen LogP contribution in [0.25, 0.3) is 0 Å². The Morgan fingerprint density at radius 3 is 2.27 bits per heavy atom. The second kappa shape index (κ2) is 9.38. The number of nitrogens with zero attached hydrogens (tertiary/aromatic N) is 2. The van der Waals surface area contributed by atoms with Crippen molar-refractivity contribution in [2.45, 2.75) is 30.8 Å². The van der Waals surface area contributed by atoms with Gasteiger partial charge in [-0.25, -0.2) is 8.42 Å². The van der Waals surface area contributed by atoms with Crippen LogP contribution in [0.3, 0.4) is 0 Å². The third kappa shape index (κ3) is 5.62. The molecule has 1 N–H and O–H groups in total. The van der Waals surface area contributed by atoms with Crippen LogP contribution in [-0.4, -0.2) is 38.1 Å². The van der Waals surface area contributed by atoms with Gasteiger partial charge in [-0.1, -0.05) is 6.92 Å². The second-order valence-corrected chi connectivity index (χ2v) is 9.91. The molecule has 0 radical (unpaired) electrons. The molecular weight excluding hydrogens is 463 g/mol. The number of nitro benzene ring substituents is 1. The predicted octanol–water partition coefficient (Wildman–Crippen LogP) is 4.26. The Bertz CT molecular complexity index is 1140. The number of carbonyl (C=O) groups is 1. The summed E-state index contributed by atoms with van der Waals surface area (Å²) < 4.78 is 62.5. The lowest BCUT2D eigenvalue weighted by atomic mass is 9.95. The van der Waals surface area contributed by atoms with Crippen LogP contribution in [0.1, 0.15) is 25.3 Å². The van der Waals surface area contributed by atoms with Crippen LogP contribution in [0, 0.1) is 16.0 Å². The molecule has 0 saturated carbocycles. The second-order valence-electron chi connectivity index (χ2n) is 7.64. The fourth-order valence-electron chi connectivity index (χ4n) is 3.65. The molecule has 33 heavy (non-hydrogen) atoms. The molecule has 0 aliphatic carbocycles. The van der Waals surface area contributed by atoms with Crippen LogP contribution in [0.5, 0.6) is 0 Å². The number of sulfone groups is 1. The summed E-state index contributed by atoms with van der Waals surface area (Å²) in [6.45, 7) is 2.06. The fraction of sp³-hybridized carbons (Fsp3) is 0.381. The van der Waals surface area contributed by atoms with Gasteiger partial charge in [0.2, 0.25) is 5.91 Å². The highest BCUT2D eigenvalue weighted by Crippen LogP contribution is 2.37. The number of benzene rings is 2. The monoisotopic (exact) mass is 485 g/mol. The van der Waals surface area contributed by atoms with Crippen molar-refractivity contribution in [3.8, 4) is 0 Å². The molecule has 0 spiro atoms. The van der Waals surface area contributed by atoms with E-state index in [-0.39, 0.29) is 35.3 Å². The van der Waals surface area contributed by atoms with E-state index in [1.807, 2.05) is 0 Å². The Morgan fingerprint density at radius 2 is 1.76 bits per heavy atom. The zero-order chi connectivity index (χ0) is 24.4. The van der Waals surface area contributed by atoms with Gasteiger partial charge < -0.3 is 10.2 Å². The third-order valence-electron chi connectivity index (χ3n) is 5.57. The molecule has 0 bridgehead atoms. The highest BCUT2D eigenvalue weighted by molar-refractivity contribution is 7.91. The standard InChI is InChI=1S/C21H22F3N3O5S/c1-2-33(31,32)17-6-4-16(5-7-17)25-20(28)14-9-11-26(12-10-14)18-8-3-15(21(22,23)24)13-19(18)27(29)30/h3-8,13-14H,2,9-12H2,1H3,(H,25,28). The Morgan fingerprint density at radius 1 is 1.15 bits per heavy atom. The molecule has 2 aromatic carbocycles. The molecule has 1 fully saturated rings. The van der Waals surface area contributed by atoms with E-state index in [2.05, 4.69) is 5.32 Å². The van der Waals surface area contributed by atoms with Gasteiger partial charge in [0.25, 0.3) is 5.69 Å². The Labute approximate surface area is 188 Å². The summed E-state index contributed by atoms with van der Waals surface area (Å²) >= 11 is 0. The molecule has 1 heterocycles. The molecule has 2 aromatic rings. The van der Waals surface area contributed by atoms with Crippen molar-refractivity contribution < 1.29 is 31.3 Å². The maximum absolute atomic E-state index is 12.9. The summed E-state index contributed by atoms with van der Waals surface area (Å²) in [4.78, 5) is 24.9. The Kier molecular flexibility index (Phi) is 6.96. The molecule has 1 saturated heterocycles. The average molecular weight is 485 g/mol. The van der Waals surface area contributed by atoms with E-state index >= 15 is 0 Å². The van der Waals surface area contributed by atoms with Crippen LogP contribution < -0.4 is 10.2 Å². The normalized spacial score (nSPS) is 15.3. The lowest BCUT2D eigenvalue weighted by Gasteiger charge is -2.32. The lowest BCUT2D eigenvalue weighted by molar-refractivity contribution is -0.384. The van der Waals surface area contributed by atoms with Crippen molar-refractivity contribution in [3.63, 3.8) is 0 Å². The zero-order valence-electron chi connectivity index (χ0n) is 17.6. The first-order valence-corrected chi connectivity index (χ1v) is 11.8. The molecule has 8 nitrogen and oxygen atoms in total. The Balaban J connectivity index is 1.65. The average Bonchev–Trinajstić information content (AvgIpc) is 2.78. The number of nitro groups is 1. The summed E-state index contributed by atoms with van der Waals surface area (Å²) in [5.74, 6) is -0.703. The molecule has 3 rings (SSSR count). The first kappa shape index (κ1) is 24.5. The van der Waals surface area contributed by atoms with Crippen LogP contribution in [-0.2, 0) is 20.8 Å². The predicted molar refractivity (Wildman–Crippen MR) is 116 cm³/mol. The third-order valence-corrected chi connectivity index (χ3v) is 7.32. The number of hydrogen-bond donors (Lipinski definition) is 1. The summed E-state index contributed by atoms with van der Waals surface area (Å²) in [5.41, 5.74) is -1.20. The molecule has 0 aromatic heterocycles.